The van der Waals surface area contributed by atoms with Gasteiger partial charge in [-0.25, -0.2) is 9.80 Å². The Hall–Kier alpha value is -1.45. The molecule has 0 aromatic heterocycles. The monoisotopic (exact) mass is 669 g/mol. The van der Waals surface area contributed by atoms with Gasteiger partial charge < -0.3 is 20.4 Å². The predicted octanol–water partition coefficient (Wildman–Crippen LogP) is 7.83. The van der Waals surface area contributed by atoms with Crippen LogP contribution in [0.1, 0.15) is 52.0 Å². The number of hydrazine groups is 1. The highest BCUT2D eigenvalue weighted by Gasteiger charge is 2.46. The van der Waals surface area contributed by atoms with Gasteiger partial charge in [0, 0.05) is 66.3 Å². The van der Waals surface area contributed by atoms with Gasteiger partial charge in [0.15, 0.2) is 0 Å². The van der Waals surface area contributed by atoms with E-state index >= 15 is 0 Å². The molecule has 6 rings (SSSR count). The largest absolute Gasteiger partial charge is 0.444 e. The number of hydrogen-bond acceptors (Lipinski definition) is 6. The summed E-state index contributed by atoms with van der Waals surface area (Å²) in [7, 11) is 0. The number of anilines is 1. The number of nitrogens with one attached hydrogen (secondary N) is 2. The van der Waals surface area contributed by atoms with E-state index in [0.29, 0.717) is 15.5 Å². The predicted molar refractivity (Wildman–Crippen MR) is 177 cm³/mol. The highest BCUT2D eigenvalue weighted by Crippen LogP contribution is 2.41. The van der Waals surface area contributed by atoms with Gasteiger partial charge in [-0.3, -0.25) is 4.90 Å². The molecular weight excluding hydrogens is 628 g/mol. The molecule has 2 N–H and O–H groups in total. The topological polar surface area (TPSA) is 60.1 Å². The normalized spacial score (nSPS) is 25.9. The molecule has 4 aliphatic rings. The van der Waals surface area contributed by atoms with Crippen LogP contribution in [-0.4, -0.2) is 78.9 Å². The van der Waals surface area contributed by atoms with Crippen LogP contribution in [0, 0.1) is 10.8 Å². The summed E-state index contributed by atoms with van der Waals surface area (Å²) in [6, 6.07) is 11.1. The van der Waals surface area contributed by atoms with Gasteiger partial charge in [0.25, 0.3) is 0 Å². The molecule has 236 valence electrons. The highest BCUT2D eigenvalue weighted by molar-refractivity contribution is 6.35. The summed E-state index contributed by atoms with van der Waals surface area (Å²) >= 11 is 24.6. The average Bonchev–Trinajstić information content (AvgIpc) is 3.74. The van der Waals surface area contributed by atoms with Gasteiger partial charge in [-0.1, -0.05) is 46.4 Å². The smallest absolute Gasteiger partial charge is 0.410 e. The standard InChI is InChI=1S/C18H25Cl2N3O2.C14H18Cl2N2/c1-17(2,3)25-16(24)22-8-6-18(11-22)7-9-23(12-18)21-15-10-13(19)4-5-14(15)20;15-12-1-2-13(16)11(7-12)8-18-6-4-14(10-18)3-5-17-9-14/h4-5,10,21H,6-9,11-12H2,1-3H3;1-2,7,17H,3-6,8-10H2. The molecule has 2 unspecified atom stereocenters. The second-order valence-electron chi connectivity index (χ2n) is 13.7. The van der Waals surface area contributed by atoms with Crippen molar-refractivity contribution in [3.05, 3.63) is 62.1 Å². The van der Waals surface area contributed by atoms with Crippen LogP contribution in [0.25, 0.3) is 0 Å². The van der Waals surface area contributed by atoms with Crippen molar-refractivity contribution >= 4 is 58.2 Å². The van der Waals surface area contributed by atoms with Crippen LogP contribution >= 0.6 is 46.4 Å². The molecule has 4 fully saturated rings. The molecule has 2 spiro atoms. The first-order chi connectivity index (χ1) is 20.3. The SMILES string of the molecule is CC(C)(C)OC(=O)N1CCC2(CCN(Nc3cc(Cl)ccc3Cl)C2)C1.Clc1ccc(Cl)c(CN2CCC3(CCNC3)C2)c1. The van der Waals surface area contributed by atoms with Crippen molar-refractivity contribution in [1.82, 2.24) is 20.1 Å². The van der Waals surface area contributed by atoms with Crippen molar-refractivity contribution in [2.75, 3.05) is 57.8 Å². The molecule has 2 aromatic carbocycles. The zero-order valence-electron chi connectivity index (χ0n) is 25.3. The van der Waals surface area contributed by atoms with Crippen molar-refractivity contribution in [1.29, 1.82) is 0 Å². The first-order valence-corrected chi connectivity index (χ1v) is 16.7. The highest BCUT2D eigenvalue weighted by atomic mass is 35.5. The van der Waals surface area contributed by atoms with Crippen molar-refractivity contribution in [2.45, 2.75) is 58.6 Å². The van der Waals surface area contributed by atoms with Gasteiger partial charge in [0.1, 0.15) is 5.60 Å². The first-order valence-electron chi connectivity index (χ1n) is 15.1. The van der Waals surface area contributed by atoms with Crippen molar-refractivity contribution < 1.29 is 9.53 Å². The first kappa shape index (κ1) is 32.9. The summed E-state index contributed by atoms with van der Waals surface area (Å²) in [4.78, 5) is 16.6. The molecule has 2 atom stereocenters. The minimum atomic E-state index is -0.459. The molecule has 7 nitrogen and oxygen atoms in total. The summed E-state index contributed by atoms with van der Waals surface area (Å²) in [5.74, 6) is 0. The Labute approximate surface area is 276 Å². The number of nitrogens with zero attached hydrogens (tertiary/aromatic N) is 3. The number of carbonyl (C=O) groups excluding carboxylic acids is 1. The van der Waals surface area contributed by atoms with E-state index < -0.39 is 5.60 Å². The van der Waals surface area contributed by atoms with Crippen LogP contribution in [0.4, 0.5) is 10.5 Å². The van der Waals surface area contributed by atoms with Crippen LogP contribution in [0.5, 0.6) is 0 Å². The number of amides is 1. The maximum absolute atomic E-state index is 12.3. The molecule has 0 aliphatic carbocycles. The Kier molecular flexibility index (Phi) is 10.3. The summed E-state index contributed by atoms with van der Waals surface area (Å²) in [6.07, 6.45) is 4.43. The van der Waals surface area contributed by atoms with E-state index in [1.807, 2.05) is 49.9 Å². The Morgan fingerprint density at radius 1 is 0.884 bits per heavy atom. The minimum Gasteiger partial charge on any atom is -0.444 e. The number of ether oxygens (including phenoxy) is 1. The van der Waals surface area contributed by atoms with Crippen LogP contribution in [0.2, 0.25) is 20.1 Å². The molecule has 0 saturated carbocycles. The fourth-order valence-electron chi connectivity index (χ4n) is 6.75. The lowest BCUT2D eigenvalue weighted by Gasteiger charge is -2.27. The third-order valence-corrected chi connectivity index (χ3v) is 10.2. The molecule has 43 heavy (non-hydrogen) atoms. The maximum Gasteiger partial charge on any atom is 0.410 e. The Morgan fingerprint density at radius 3 is 2.30 bits per heavy atom. The number of rotatable bonds is 4. The van der Waals surface area contributed by atoms with E-state index in [2.05, 4.69) is 20.7 Å². The fourth-order valence-corrected chi connectivity index (χ4v) is 7.45. The van der Waals surface area contributed by atoms with E-state index in [4.69, 9.17) is 51.1 Å². The van der Waals surface area contributed by atoms with E-state index in [-0.39, 0.29) is 11.5 Å². The average molecular weight is 672 g/mol. The second-order valence-corrected chi connectivity index (χ2v) is 15.4. The number of halogens is 4. The summed E-state index contributed by atoms with van der Waals surface area (Å²) in [6.45, 7) is 14.6. The Morgan fingerprint density at radius 2 is 1.58 bits per heavy atom. The summed E-state index contributed by atoms with van der Waals surface area (Å²) in [5, 5.41) is 8.54. The quantitative estimate of drug-likeness (QED) is 0.346. The number of likely N-dealkylation sites (tertiary alicyclic amines) is 2. The molecule has 0 bridgehead atoms. The van der Waals surface area contributed by atoms with Gasteiger partial charge in [-0.2, -0.15) is 0 Å². The van der Waals surface area contributed by atoms with Crippen LogP contribution in [0.3, 0.4) is 0 Å². The van der Waals surface area contributed by atoms with E-state index in [1.54, 1.807) is 12.1 Å². The molecule has 1 amide bonds. The lowest BCUT2D eigenvalue weighted by atomic mass is 9.86. The zero-order valence-corrected chi connectivity index (χ0v) is 28.4. The van der Waals surface area contributed by atoms with Crippen molar-refractivity contribution in [2.24, 2.45) is 10.8 Å². The molecular formula is C32H43Cl4N5O2. The van der Waals surface area contributed by atoms with Crippen molar-refractivity contribution in [3.63, 3.8) is 0 Å². The molecule has 0 radical (unpaired) electrons. The number of carbonyl (C=O) groups is 1. The second kappa shape index (κ2) is 13.5. The third-order valence-electron chi connectivity index (χ3n) is 8.99. The zero-order chi connectivity index (χ0) is 30.8. The summed E-state index contributed by atoms with van der Waals surface area (Å²) in [5.41, 5.74) is 5.50. The molecule has 2 aromatic rings. The van der Waals surface area contributed by atoms with Gasteiger partial charge in [-0.05, 0) is 107 Å². The fraction of sp³-hybridized carbons (Fsp3) is 0.594. The number of hydrogen-bond donors (Lipinski definition) is 2. The van der Waals surface area contributed by atoms with E-state index in [9.17, 15) is 4.79 Å². The lowest BCUT2D eigenvalue weighted by Crippen LogP contribution is -2.38. The molecule has 4 aliphatic heterocycles. The minimum absolute atomic E-state index is 0.120. The van der Waals surface area contributed by atoms with Gasteiger partial charge in [0.2, 0.25) is 0 Å². The maximum atomic E-state index is 12.3. The molecule has 4 saturated heterocycles. The third kappa shape index (κ3) is 8.63. The van der Waals surface area contributed by atoms with E-state index in [1.165, 1.54) is 39.0 Å². The van der Waals surface area contributed by atoms with Gasteiger partial charge in [0.05, 0.1) is 10.7 Å². The Bertz CT molecular complexity index is 1300. The number of benzene rings is 2. The molecule has 11 heteroatoms. The van der Waals surface area contributed by atoms with Gasteiger partial charge in [-0.15, -0.1) is 0 Å². The van der Waals surface area contributed by atoms with Crippen LogP contribution in [0.15, 0.2) is 36.4 Å². The van der Waals surface area contributed by atoms with Gasteiger partial charge >= 0.3 is 6.09 Å². The Balaban J connectivity index is 0.000000180. The summed E-state index contributed by atoms with van der Waals surface area (Å²) < 4.78 is 5.50. The molecule has 4 heterocycles. The van der Waals surface area contributed by atoms with Crippen molar-refractivity contribution in [3.8, 4) is 0 Å². The van der Waals surface area contributed by atoms with Crippen LogP contribution < -0.4 is 10.7 Å². The van der Waals surface area contributed by atoms with Crippen LogP contribution in [-0.2, 0) is 11.3 Å². The lowest BCUT2D eigenvalue weighted by molar-refractivity contribution is 0.0274. The van der Waals surface area contributed by atoms with E-state index in [0.717, 1.165) is 66.9 Å².